The van der Waals surface area contributed by atoms with Gasteiger partial charge in [0.2, 0.25) is 5.91 Å². The SMILES string of the molecule is CC(NCC(=O)Nc1ccnn1C1CCCC1)c1ccc2ccccc2c1. The number of aromatic nitrogens is 2. The summed E-state index contributed by atoms with van der Waals surface area (Å²) in [5.74, 6) is 0.759. The molecule has 1 aromatic heterocycles. The quantitative estimate of drug-likeness (QED) is 0.681. The molecule has 0 spiro atoms. The van der Waals surface area contributed by atoms with Crippen LogP contribution in [-0.2, 0) is 4.79 Å². The van der Waals surface area contributed by atoms with Crippen molar-refractivity contribution in [2.75, 3.05) is 11.9 Å². The summed E-state index contributed by atoms with van der Waals surface area (Å²) in [5.41, 5.74) is 1.18. The third-order valence-corrected chi connectivity index (χ3v) is 5.45. The van der Waals surface area contributed by atoms with Gasteiger partial charge in [-0.25, -0.2) is 4.68 Å². The minimum atomic E-state index is -0.0395. The van der Waals surface area contributed by atoms with Crippen LogP contribution in [0.2, 0.25) is 0 Å². The van der Waals surface area contributed by atoms with Crippen molar-refractivity contribution in [3.63, 3.8) is 0 Å². The van der Waals surface area contributed by atoms with Gasteiger partial charge in [0, 0.05) is 12.1 Å². The Morgan fingerprint density at radius 1 is 1.15 bits per heavy atom. The summed E-state index contributed by atoms with van der Waals surface area (Å²) >= 11 is 0. The lowest BCUT2D eigenvalue weighted by atomic mass is 10.0. The van der Waals surface area contributed by atoms with Gasteiger partial charge in [0.25, 0.3) is 0 Å². The zero-order valence-electron chi connectivity index (χ0n) is 15.7. The molecule has 1 aliphatic carbocycles. The maximum atomic E-state index is 12.4. The highest BCUT2D eigenvalue weighted by Gasteiger charge is 2.20. The van der Waals surface area contributed by atoms with Crippen LogP contribution in [0.25, 0.3) is 10.8 Å². The number of carbonyl (C=O) groups excluding carboxylic acids is 1. The highest BCUT2D eigenvalue weighted by atomic mass is 16.2. The molecule has 5 heteroatoms. The van der Waals surface area contributed by atoms with Gasteiger partial charge >= 0.3 is 0 Å². The molecule has 27 heavy (non-hydrogen) atoms. The zero-order valence-corrected chi connectivity index (χ0v) is 15.7. The molecule has 0 aliphatic heterocycles. The van der Waals surface area contributed by atoms with Gasteiger partial charge in [-0.05, 0) is 42.2 Å². The lowest BCUT2D eigenvalue weighted by molar-refractivity contribution is -0.115. The Hall–Kier alpha value is -2.66. The molecule has 3 aromatic rings. The minimum Gasteiger partial charge on any atom is -0.310 e. The van der Waals surface area contributed by atoms with Gasteiger partial charge in [-0.15, -0.1) is 0 Å². The van der Waals surface area contributed by atoms with Gasteiger partial charge in [0.15, 0.2) is 0 Å². The molecule has 1 saturated carbocycles. The summed E-state index contributed by atoms with van der Waals surface area (Å²) in [6, 6.07) is 17.1. The fraction of sp³-hybridized carbons (Fsp3) is 0.364. The molecular weight excluding hydrogens is 336 g/mol. The van der Waals surface area contributed by atoms with Crippen LogP contribution in [0.5, 0.6) is 0 Å². The van der Waals surface area contributed by atoms with Crippen LogP contribution in [-0.4, -0.2) is 22.2 Å². The maximum absolute atomic E-state index is 12.4. The Bertz CT molecular complexity index is 927. The number of nitrogens with one attached hydrogen (secondary N) is 2. The van der Waals surface area contributed by atoms with E-state index in [-0.39, 0.29) is 18.5 Å². The fourth-order valence-electron chi connectivity index (χ4n) is 3.88. The number of anilines is 1. The lowest BCUT2D eigenvalue weighted by Gasteiger charge is -2.17. The summed E-state index contributed by atoms with van der Waals surface area (Å²) in [5, 5.41) is 13.2. The summed E-state index contributed by atoms with van der Waals surface area (Å²) < 4.78 is 1.97. The van der Waals surface area contributed by atoms with Crippen molar-refractivity contribution in [3.8, 4) is 0 Å². The Kier molecular flexibility index (Phi) is 5.21. The fourth-order valence-corrected chi connectivity index (χ4v) is 3.88. The molecule has 2 aromatic carbocycles. The van der Waals surface area contributed by atoms with Crippen molar-refractivity contribution in [1.29, 1.82) is 0 Å². The number of hydrogen-bond donors (Lipinski definition) is 2. The van der Waals surface area contributed by atoms with Crippen molar-refractivity contribution in [1.82, 2.24) is 15.1 Å². The first-order valence-corrected chi connectivity index (χ1v) is 9.76. The Balaban J connectivity index is 1.35. The number of hydrogen-bond acceptors (Lipinski definition) is 3. The van der Waals surface area contributed by atoms with Gasteiger partial charge in [0.1, 0.15) is 5.82 Å². The predicted octanol–water partition coefficient (Wildman–Crippen LogP) is 4.44. The summed E-state index contributed by atoms with van der Waals surface area (Å²) in [6.45, 7) is 2.35. The number of amides is 1. The molecule has 2 N–H and O–H groups in total. The lowest BCUT2D eigenvalue weighted by Crippen LogP contribution is -2.31. The third-order valence-electron chi connectivity index (χ3n) is 5.45. The van der Waals surface area contributed by atoms with Crippen molar-refractivity contribution in [2.24, 2.45) is 0 Å². The molecule has 0 saturated heterocycles. The number of fused-ring (bicyclic) bond motifs is 1. The van der Waals surface area contributed by atoms with E-state index in [1.165, 1.54) is 29.2 Å². The van der Waals surface area contributed by atoms with Gasteiger partial charge in [-0.2, -0.15) is 5.10 Å². The van der Waals surface area contributed by atoms with Crippen LogP contribution in [0.3, 0.4) is 0 Å². The predicted molar refractivity (Wildman–Crippen MR) is 109 cm³/mol. The Morgan fingerprint density at radius 2 is 1.93 bits per heavy atom. The zero-order chi connectivity index (χ0) is 18.6. The first-order valence-electron chi connectivity index (χ1n) is 9.76. The molecule has 0 radical (unpaired) electrons. The molecule has 1 heterocycles. The van der Waals surface area contributed by atoms with E-state index in [4.69, 9.17) is 0 Å². The van der Waals surface area contributed by atoms with Crippen molar-refractivity contribution in [2.45, 2.75) is 44.7 Å². The maximum Gasteiger partial charge on any atom is 0.239 e. The normalized spacial score (nSPS) is 15.9. The largest absolute Gasteiger partial charge is 0.310 e. The van der Waals surface area contributed by atoms with Gasteiger partial charge in [-0.3, -0.25) is 4.79 Å². The molecule has 1 unspecified atom stereocenters. The first kappa shape index (κ1) is 17.7. The molecule has 4 rings (SSSR count). The van der Waals surface area contributed by atoms with Crippen LogP contribution in [0.4, 0.5) is 5.82 Å². The minimum absolute atomic E-state index is 0.0395. The van der Waals surface area contributed by atoms with E-state index in [0.29, 0.717) is 6.04 Å². The molecule has 140 valence electrons. The second-order valence-electron chi connectivity index (χ2n) is 7.36. The van der Waals surface area contributed by atoms with Crippen molar-refractivity contribution < 1.29 is 4.79 Å². The van der Waals surface area contributed by atoms with Gasteiger partial charge < -0.3 is 10.6 Å². The highest BCUT2D eigenvalue weighted by Crippen LogP contribution is 2.31. The van der Waals surface area contributed by atoms with Crippen LogP contribution in [0, 0.1) is 0 Å². The monoisotopic (exact) mass is 362 g/mol. The van der Waals surface area contributed by atoms with Crippen molar-refractivity contribution in [3.05, 3.63) is 60.3 Å². The molecule has 0 bridgehead atoms. The summed E-state index contributed by atoms with van der Waals surface area (Å²) in [6.07, 6.45) is 6.52. The standard InChI is InChI=1S/C22H26N4O/c1-16(18-11-10-17-6-2-3-7-19(17)14-18)23-15-22(27)25-21-12-13-24-26(21)20-8-4-5-9-20/h2-3,6-7,10-14,16,20,23H,4-5,8-9,15H2,1H3,(H,25,27). The van der Waals surface area contributed by atoms with E-state index in [1.54, 1.807) is 6.20 Å². The third kappa shape index (κ3) is 4.03. The molecule has 1 amide bonds. The molecule has 1 atom stereocenters. The molecule has 1 aliphatic rings. The average Bonchev–Trinajstić information content (AvgIpc) is 3.37. The number of rotatable bonds is 6. The van der Waals surface area contributed by atoms with E-state index in [0.717, 1.165) is 18.7 Å². The average molecular weight is 362 g/mol. The summed E-state index contributed by atoms with van der Waals surface area (Å²) in [4.78, 5) is 12.4. The van der Waals surface area contributed by atoms with E-state index in [2.05, 4.69) is 53.0 Å². The van der Waals surface area contributed by atoms with Crippen LogP contribution in [0.15, 0.2) is 54.7 Å². The van der Waals surface area contributed by atoms with Crippen LogP contribution >= 0.6 is 0 Å². The summed E-state index contributed by atoms with van der Waals surface area (Å²) in [7, 11) is 0. The second-order valence-corrected chi connectivity index (χ2v) is 7.36. The van der Waals surface area contributed by atoms with E-state index >= 15 is 0 Å². The van der Waals surface area contributed by atoms with Gasteiger partial charge in [0.05, 0.1) is 18.8 Å². The topological polar surface area (TPSA) is 59.0 Å². The Morgan fingerprint density at radius 3 is 2.74 bits per heavy atom. The molecule has 5 nitrogen and oxygen atoms in total. The molecular formula is C22H26N4O. The first-order chi connectivity index (χ1) is 13.2. The van der Waals surface area contributed by atoms with E-state index in [9.17, 15) is 4.79 Å². The van der Waals surface area contributed by atoms with Crippen LogP contribution < -0.4 is 10.6 Å². The van der Waals surface area contributed by atoms with E-state index in [1.807, 2.05) is 22.9 Å². The van der Waals surface area contributed by atoms with Crippen LogP contribution in [0.1, 0.15) is 50.3 Å². The number of carbonyl (C=O) groups is 1. The molecule has 1 fully saturated rings. The van der Waals surface area contributed by atoms with Crippen molar-refractivity contribution >= 4 is 22.5 Å². The number of nitrogens with zero attached hydrogens (tertiary/aromatic N) is 2. The second kappa shape index (κ2) is 7.92. The number of benzene rings is 2. The van der Waals surface area contributed by atoms with Gasteiger partial charge in [-0.1, -0.05) is 49.2 Å². The highest BCUT2D eigenvalue weighted by molar-refractivity contribution is 5.91. The van der Waals surface area contributed by atoms with E-state index < -0.39 is 0 Å². The Labute approximate surface area is 159 Å². The smallest absolute Gasteiger partial charge is 0.239 e.